The second-order valence-corrected chi connectivity index (χ2v) is 11.9. The second-order valence-electron chi connectivity index (χ2n) is 11.9. The van der Waals surface area contributed by atoms with Crippen molar-refractivity contribution in [1.29, 1.82) is 0 Å². The van der Waals surface area contributed by atoms with Crippen LogP contribution in [0.25, 0.3) is 11.0 Å². The van der Waals surface area contributed by atoms with Gasteiger partial charge in [-0.2, -0.15) is 10.1 Å². The molecule has 15 nitrogen and oxygen atoms in total. The van der Waals surface area contributed by atoms with Crippen molar-refractivity contribution in [1.82, 2.24) is 34.5 Å². The minimum Gasteiger partial charge on any atom is -0.495 e. The Morgan fingerprint density at radius 1 is 1.07 bits per heavy atom. The molecule has 1 unspecified atom stereocenters. The highest BCUT2D eigenvalue weighted by Gasteiger charge is 2.30. The van der Waals surface area contributed by atoms with Gasteiger partial charge >= 0.3 is 12.2 Å². The van der Waals surface area contributed by atoms with Crippen LogP contribution in [0.4, 0.5) is 21.4 Å². The molecule has 0 radical (unpaired) electrons. The summed E-state index contributed by atoms with van der Waals surface area (Å²) in [5.74, 6) is 1.60. The number of hydrogen-bond donors (Lipinski definition) is 4. The molecule has 3 aromatic rings. The number of carboxylic acid groups (broad SMARTS) is 1. The molecule has 46 heavy (non-hydrogen) atoms. The van der Waals surface area contributed by atoms with Crippen molar-refractivity contribution in [2.24, 2.45) is 0 Å². The Morgan fingerprint density at radius 3 is 2.48 bits per heavy atom. The molecule has 2 aliphatic rings. The van der Waals surface area contributed by atoms with Crippen LogP contribution in [-0.4, -0.2) is 116 Å². The average Bonchev–Trinajstić information content (AvgIpc) is 3.47. The summed E-state index contributed by atoms with van der Waals surface area (Å²) in [5, 5.41) is 29.5. The minimum atomic E-state index is -0.825. The van der Waals surface area contributed by atoms with Crippen LogP contribution >= 0.6 is 0 Å². The largest absolute Gasteiger partial charge is 0.495 e. The fourth-order valence-electron chi connectivity index (χ4n) is 6.57. The smallest absolute Gasteiger partial charge is 0.413 e. The number of aliphatic hydroxyl groups excluding tert-OH is 1. The summed E-state index contributed by atoms with van der Waals surface area (Å²) >= 11 is 0. The van der Waals surface area contributed by atoms with Crippen LogP contribution in [0.15, 0.2) is 18.5 Å². The zero-order valence-electron chi connectivity index (χ0n) is 26.8. The molecule has 1 atom stereocenters. The number of nitrogens with zero attached hydrogens (tertiary/aromatic N) is 7. The fraction of sp³-hybridized carbons (Fsp3) is 0.613. The van der Waals surface area contributed by atoms with Crippen molar-refractivity contribution in [3.05, 3.63) is 29.7 Å². The summed E-state index contributed by atoms with van der Waals surface area (Å²) in [4.78, 5) is 41.1. The molecular formula is C31H45N9O6. The number of fused-ring (bicyclic) bond motifs is 1. The van der Waals surface area contributed by atoms with Gasteiger partial charge in [0, 0.05) is 38.0 Å². The fourth-order valence-corrected chi connectivity index (χ4v) is 6.57. The van der Waals surface area contributed by atoms with E-state index in [-0.39, 0.29) is 18.6 Å². The van der Waals surface area contributed by atoms with Crippen LogP contribution in [0, 0.1) is 0 Å². The minimum absolute atomic E-state index is 0.0248. The Morgan fingerprint density at radius 2 is 1.83 bits per heavy atom. The van der Waals surface area contributed by atoms with Gasteiger partial charge in [-0.15, -0.1) is 0 Å². The van der Waals surface area contributed by atoms with E-state index in [9.17, 15) is 19.8 Å². The van der Waals surface area contributed by atoms with Gasteiger partial charge in [-0.1, -0.05) is 13.3 Å². The Labute approximate surface area is 268 Å². The van der Waals surface area contributed by atoms with Crippen LogP contribution in [0.5, 0.6) is 5.75 Å². The molecule has 0 spiro atoms. The molecule has 5 rings (SSSR count). The van der Waals surface area contributed by atoms with E-state index in [4.69, 9.17) is 14.5 Å². The summed E-state index contributed by atoms with van der Waals surface area (Å²) in [6.07, 6.45) is 8.09. The molecule has 250 valence electrons. The van der Waals surface area contributed by atoms with Gasteiger partial charge in [-0.05, 0) is 69.2 Å². The predicted octanol–water partition coefficient (Wildman–Crippen LogP) is 3.74. The van der Waals surface area contributed by atoms with Crippen molar-refractivity contribution in [3.8, 4) is 5.75 Å². The summed E-state index contributed by atoms with van der Waals surface area (Å²) < 4.78 is 12.3. The third-order valence-electron chi connectivity index (χ3n) is 9.07. The lowest BCUT2D eigenvalue weighted by Crippen LogP contribution is -2.48. The number of piperidine rings is 2. The van der Waals surface area contributed by atoms with Crippen LogP contribution in [0.3, 0.4) is 0 Å². The van der Waals surface area contributed by atoms with Crippen LogP contribution in [0.2, 0.25) is 0 Å². The highest BCUT2D eigenvalue weighted by atomic mass is 16.5. The number of amides is 2. The van der Waals surface area contributed by atoms with Crippen LogP contribution < -0.4 is 15.4 Å². The molecule has 0 saturated carbocycles. The number of aromatic nitrogens is 5. The quantitative estimate of drug-likeness (QED) is 0.226. The number of carbonyl (C=O) groups excluding carboxylic acids is 1. The van der Waals surface area contributed by atoms with Crippen LogP contribution in [0.1, 0.15) is 69.0 Å². The predicted molar refractivity (Wildman–Crippen MR) is 171 cm³/mol. The van der Waals surface area contributed by atoms with E-state index in [0.29, 0.717) is 66.3 Å². The molecule has 2 saturated heterocycles. The molecule has 2 amide bonds. The van der Waals surface area contributed by atoms with Gasteiger partial charge in [0.25, 0.3) is 0 Å². The monoisotopic (exact) mass is 639 g/mol. The average molecular weight is 640 g/mol. The van der Waals surface area contributed by atoms with Gasteiger partial charge in [-0.3, -0.25) is 15.0 Å². The lowest BCUT2D eigenvalue weighted by Gasteiger charge is -2.41. The number of rotatable bonds is 12. The SMILES string of the molecule is CCCC(CCO)Nc1nc(NC(=O)OC)nc2cnn(Cc3ncc(C4CCN(C5CCN(C(=O)O)CC5)CC4)cc3OC)c12. The Balaban J connectivity index is 1.32. The molecule has 2 aliphatic heterocycles. The van der Waals surface area contributed by atoms with E-state index in [2.05, 4.69) is 43.6 Å². The molecule has 0 aliphatic carbocycles. The Bertz CT molecular complexity index is 1480. The highest BCUT2D eigenvalue weighted by Crippen LogP contribution is 2.33. The number of aliphatic hydroxyl groups is 1. The topological polar surface area (TPSA) is 180 Å². The molecule has 0 bridgehead atoms. The lowest BCUT2D eigenvalue weighted by molar-refractivity contribution is 0.0811. The van der Waals surface area contributed by atoms with Gasteiger partial charge in [0.05, 0.1) is 27.0 Å². The lowest BCUT2D eigenvalue weighted by atomic mass is 9.88. The molecule has 4 N–H and O–H groups in total. The number of anilines is 2. The number of methoxy groups -OCH3 is 2. The van der Waals surface area contributed by atoms with Crippen molar-refractivity contribution in [2.45, 2.75) is 76.4 Å². The first kappa shape index (κ1) is 33.1. The maximum Gasteiger partial charge on any atom is 0.413 e. The summed E-state index contributed by atoms with van der Waals surface area (Å²) in [7, 11) is 2.91. The number of likely N-dealkylation sites (tertiary alicyclic amines) is 2. The summed E-state index contributed by atoms with van der Waals surface area (Å²) in [6.45, 7) is 5.57. The molecule has 2 fully saturated rings. The maximum atomic E-state index is 11.9. The first-order valence-corrected chi connectivity index (χ1v) is 16.0. The van der Waals surface area contributed by atoms with Crippen LogP contribution in [-0.2, 0) is 11.3 Å². The summed E-state index contributed by atoms with van der Waals surface area (Å²) in [5.41, 5.74) is 3.02. The molecule has 0 aromatic carbocycles. The molecular weight excluding hydrogens is 594 g/mol. The van der Waals surface area contributed by atoms with E-state index >= 15 is 0 Å². The molecule has 3 aromatic heterocycles. The zero-order chi connectivity index (χ0) is 32.6. The van der Waals surface area contributed by atoms with E-state index in [1.54, 1.807) is 18.0 Å². The van der Waals surface area contributed by atoms with Gasteiger partial charge < -0.3 is 34.8 Å². The van der Waals surface area contributed by atoms with Crippen molar-refractivity contribution >= 4 is 35.0 Å². The van der Waals surface area contributed by atoms with Gasteiger partial charge in [0.1, 0.15) is 22.5 Å². The highest BCUT2D eigenvalue weighted by molar-refractivity contribution is 5.89. The van der Waals surface area contributed by atoms with Gasteiger partial charge in [-0.25, -0.2) is 14.6 Å². The Kier molecular flexibility index (Phi) is 11.1. The third kappa shape index (κ3) is 7.76. The standard InChI is InChI=1S/C31H45N9O6/c1-4-5-22(10-15-41)34-28-27-24(35-29(36-28)37-30(42)46-3)18-33-40(27)19-25-26(45-2)16-21(17-32-25)20-6-11-38(12-7-20)23-8-13-39(14-9-23)31(43)44/h16-18,20,22-23,41H,4-15,19H2,1-3H3,(H,43,44)(H2,34,35,36,37,42). The number of hydrogen-bond acceptors (Lipinski definition) is 11. The third-order valence-corrected chi connectivity index (χ3v) is 9.07. The van der Waals surface area contributed by atoms with E-state index < -0.39 is 12.2 Å². The van der Waals surface area contributed by atoms with E-state index in [1.165, 1.54) is 12.0 Å². The summed E-state index contributed by atoms with van der Waals surface area (Å²) in [6, 6.07) is 2.47. The van der Waals surface area contributed by atoms with Crippen molar-refractivity contribution < 1.29 is 29.3 Å². The maximum absolute atomic E-state index is 11.9. The normalized spacial score (nSPS) is 17.2. The second kappa shape index (κ2) is 15.4. The first-order chi connectivity index (χ1) is 22.3. The first-order valence-electron chi connectivity index (χ1n) is 16.0. The molecule has 15 heteroatoms. The van der Waals surface area contributed by atoms with Gasteiger partial charge in [0.15, 0.2) is 5.82 Å². The van der Waals surface area contributed by atoms with Crippen molar-refractivity contribution in [3.63, 3.8) is 0 Å². The number of pyridine rings is 1. The van der Waals surface area contributed by atoms with Gasteiger partial charge in [0.2, 0.25) is 5.95 Å². The Hall–Kier alpha value is -4.24. The number of ether oxygens (including phenoxy) is 2. The van der Waals surface area contributed by atoms with E-state index in [1.807, 2.05) is 6.20 Å². The molecule has 5 heterocycles. The van der Waals surface area contributed by atoms with E-state index in [0.717, 1.165) is 57.2 Å². The number of nitrogens with one attached hydrogen (secondary N) is 2. The number of carbonyl (C=O) groups is 2. The zero-order valence-corrected chi connectivity index (χ0v) is 26.8. The van der Waals surface area contributed by atoms with Crippen molar-refractivity contribution in [2.75, 3.05) is 57.6 Å².